The number of carbonyl (C=O) groups is 1. The van der Waals surface area contributed by atoms with E-state index in [1.54, 1.807) is 0 Å². The molecule has 0 aliphatic heterocycles. The fourth-order valence-electron chi connectivity index (χ4n) is 4.00. The van der Waals surface area contributed by atoms with Gasteiger partial charge in [0.2, 0.25) is 5.91 Å². The smallest absolute Gasteiger partial charge is 0.230 e. The summed E-state index contributed by atoms with van der Waals surface area (Å²) >= 11 is 0. The Labute approximate surface area is 156 Å². The second-order valence-corrected chi connectivity index (χ2v) is 7.89. The monoisotopic (exact) mass is 351 g/mol. The second kappa shape index (κ2) is 7.53. The van der Waals surface area contributed by atoms with Gasteiger partial charge in [0.05, 0.1) is 5.92 Å². The lowest BCUT2D eigenvalue weighted by Gasteiger charge is -2.34. The van der Waals surface area contributed by atoms with E-state index in [0.717, 1.165) is 29.5 Å². The summed E-state index contributed by atoms with van der Waals surface area (Å²) in [6.45, 7) is 8.23. The highest BCUT2D eigenvalue weighted by Crippen LogP contribution is 2.31. The first-order chi connectivity index (χ1) is 12.4. The Balaban J connectivity index is 2.06. The van der Waals surface area contributed by atoms with Gasteiger partial charge in [0.15, 0.2) is 0 Å². The van der Waals surface area contributed by atoms with Crippen molar-refractivity contribution in [2.75, 3.05) is 0 Å². The van der Waals surface area contributed by atoms with Crippen LogP contribution < -0.4 is 0 Å². The first kappa shape index (κ1) is 18.5. The van der Waals surface area contributed by atoms with Crippen molar-refractivity contribution in [1.82, 2.24) is 4.90 Å². The standard InChI is InChI=1S/C23H29NO2/c1-15(2)24(16(3)4)23(26)21-14-20-12-9-18(13-22(20)25)6-5-17-7-10-19(21)11-8-17/h7-13,15-16,21,25H,5-6,14H2,1-4H3/t21-/m1/s1. The number of phenols is 1. The van der Waals surface area contributed by atoms with Gasteiger partial charge < -0.3 is 10.0 Å². The molecule has 2 aromatic rings. The molecular weight excluding hydrogens is 322 g/mol. The van der Waals surface area contributed by atoms with Gasteiger partial charge in [-0.2, -0.15) is 0 Å². The summed E-state index contributed by atoms with van der Waals surface area (Å²) in [6.07, 6.45) is 2.35. The summed E-state index contributed by atoms with van der Waals surface area (Å²) in [7, 11) is 0. The van der Waals surface area contributed by atoms with Gasteiger partial charge in [-0.05, 0) is 75.3 Å². The van der Waals surface area contributed by atoms with Crippen LogP contribution in [0.4, 0.5) is 0 Å². The van der Waals surface area contributed by atoms with E-state index in [-0.39, 0.29) is 23.9 Å². The molecule has 1 atom stereocenters. The Bertz CT molecular complexity index is 769. The fraction of sp³-hybridized carbons (Fsp3) is 0.435. The molecule has 3 heteroatoms. The van der Waals surface area contributed by atoms with Crippen molar-refractivity contribution < 1.29 is 9.90 Å². The predicted molar refractivity (Wildman–Crippen MR) is 106 cm³/mol. The van der Waals surface area contributed by atoms with Gasteiger partial charge in [0.25, 0.3) is 0 Å². The molecule has 26 heavy (non-hydrogen) atoms. The first-order valence-corrected chi connectivity index (χ1v) is 9.58. The maximum Gasteiger partial charge on any atom is 0.230 e. The Kier molecular flexibility index (Phi) is 5.36. The van der Waals surface area contributed by atoms with Crippen LogP contribution in [0.5, 0.6) is 5.75 Å². The number of aryl methyl sites for hydroxylation is 2. The fourth-order valence-corrected chi connectivity index (χ4v) is 4.00. The second-order valence-electron chi connectivity index (χ2n) is 7.89. The normalized spacial score (nSPS) is 16.6. The minimum atomic E-state index is -0.287. The summed E-state index contributed by atoms with van der Waals surface area (Å²) in [5.41, 5.74) is 4.25. The topological polar surface area (TPSA) is 40.5 Å². The van der Waals surface area contributed by atoms with Gasteiger partial charge in [-0.1, -0.05) is 36.4 Å². The lowest BCUT2D eigenvalue weighted by molar-refractivity contribution is -0.136. The van der Waals surface area contributed by atoms with Crippen molar-refractivity contribution in [3.05, 3.63) is 64.7 Å². The van der Waals surface area contributed by atoms with Crippen molar-refractivity contribution >= 4 is 5.91 Å². The molecule has 0 fully saturated rings. The number of aromatic hydroxyl groups is 1. The molecule has 0 radical (unpaired) electrons. The van der Waals surface area contributed by atoms with Crippen molar-refractivity contribution in [3.63, 3.8) is 0 Å². The predicted octanol–water partition coefficient (Wildman–Crippen LogP) is 4.46. The number of rotatable bonds is 3. The summed E-state index contributed by atoms with van der Waals surface area (Å²) in [4.78, 5) is 15.4. The van der Waals surface area contributed by atoms with Crippen LogP contribution in [0.3, 0.4) is 0 Å². The van der Waals surface area contributed by atoms with E-state index in [1.165, 1.54) is 5.56 Å². The van der Waals surface area contributed by atoms with Crippen LogP contribution in [0.15, 0.2) is 42.5 Å². The molecule has 0 saturated heterocycles. The van der Waals surface area contributed by atoms with Gasteiger partial charge in [-0.15, -0.1) is 0 Å². The minimum absolute atomic E-state index is 0.128. The molecule has 4 bridgehead atoms. The molecule has 1 N–H and O–H groups in total. The van der Waals surface area contributed by atoms with Crippen LogP contribution in [-0.4, -0.2) is 28.0 Å². The van der Waals surface area contributed by atoms with Crippen LogP contribution in [0.25, 0.3) is 0 Å². The maximum atomic E-state index is 13.5. The quantitative estimate of drug-likeness (QED) is 0.887. The van der Waals surface area contributed by atoms with Gasteiger partial charge >= 0.3 is 0 Å². The zero-order valence-electron chi connectivity index (χ0n) is 16.2. The Hall–Kier alpha value is -2.29. The van der Waals surface area contributed by atoms with Crippen molar-refractivity contribution in [1.29, 1.82) is 0 Å². The van der Waals surface area contributed by atoms with Gasteiger partial charge in [-0.3, -0.25) is 4.79 Å². The van der Waals surface area contributed by atoms with Crippen LogP contribution >= 0.6 is 0 Å². The lowest BCUT2D eigenvalue weighted by Crippen LogP contribution is -2.45. The van der Waals surface area contributed by atoms with E-state index in [9.17, 15) is 9.90 Å². The molecule has 4 aliphatic rings. The van der Waals surface area contributed by atoms with E-state index in [2.05, 4.69) is 58.0 Å². The molecule has 1 amide bonds. The average Bonchev–Trinajstić information content (AvgIpc) is 2.57. The Morgan fingerprint density at radius 1 is 0.962 bits per heavy atom. The van der Waals surface area contributed by atoms with E-state index < -0.39 is 0 Å². The molecule has 6 rings (SSSR count). The number of hydrogen-bond donors (Lipinski definition) is 1. The number of hydrogen-bond acceptors (Lipinski definition) is 2. The molecule has 3 nitrogen and oxygen atoms in total. The van der Waals surface area contributed by atoms with Crippen LogP contribution in [0.2, 0.25) is 0 Å². The number of phenolic OH excluding ortho intramolecular Hbond substituents is 1. The highest BCUT2D eigenvalue weighted by molar-refractivity contribution is 5.84. The van der Waals surface area contributed by atoms with Gasteiger partial charge in [-0.25, -0.2) is 0 Å². The lowest BCUT2D eigenvalue weighted by atomic mass is 9.87. The van der Waals surface area contributed by atoms with Gasteiger partial charge in [0, 0.05) is 12.1 Å². The Morgan fingerprint density at radius 2 is 1.54 bits per heavy atom. The highest BCUT2D eigenvalue weighted by atomic mass is 16.3. The number of nitrogens with zero attached hydrogens (tertiary/aromatic N) is 1. The molecule has 0 heterocycles. The van der Waals surface area contributed by atoms with E-state index in [0.29, 0.717) is 12.2 Å². The maximum absolute atomic E-state index is 13.5. The van der Waals surface area contributed by atoms with Crippen LogP contribution in [0.1, 0.15) is 55.9 Å². The molecule has 4 aliphatic carbocycles. The summed E-state index contributed by atoms with van der Waals surface area (Å²) in [5, 5.41) is 10.5. The molecular formula is C23H29NO2. The zero-order chi connectivity index (χ0) is 18.8. The van der Waals surface area contributed by atoms with Crippen LogP contribution in [-0.2, 0) is 24.1 Å². The van der Waals surface area contributed by atoms with E-state index >= 15 is 0 Å². The Morgan fingerprint density at radius 3 is 2.12 bits per heavy atom. The number of carbonyl (C=O) groups excluding carboxylic acids is 1. The number of amides is 1. The largest absolute Gasteiger partial charge is 0.508 e. The molecule has 0 saturated carbocycles. The van der Waals surface area contributed by atoms with Crippen molar-refractivity contribution in [3.8, 4) is 5.75 Å². The summed E-state index contributed by atoms with van der Waals surface area (Å²) < 4.78 is 0. The number of benzene rings is 2. The average molecular weight is 351 g/mol. The third kappa shape index (κ3) is 3.77. The highest BCUT2D eigenvalue weighted by Gasteiger charge is 2.30. The zero-order valence-corrected chi connectivity index (χ0v) is 16.2. The van der Waals surface area contributed by atoms with Gasteiger partial charge in [0.1, 0.15) is 5.75 Å². The molecule has 2 aromatic carbocycles. The van der Waals surface area contributed by atoms with Crippen LogP contribution in [0, 0.1) is 0 Å². The molecule has 0 unspecified atom stereocenters. The van der Waals surface area contributed by atoms with E-state index in [1.807, 2.05) is 17.0 Å². The summed E-state index contributed by atoms with van der Waals surface area (Å²) in [6, 6.07) is 14.6. The third-order valence-electron chi connectivity index (χ3n) is 5.32. The minimum Gasteiger partial charge on any atom is -0.508 e. The SMILES string of the molecule is CC(C)N(C(=O)[C@@H]1Cc2ccc(cc2O)CCc2ccc1cc2)C(C)C. The third-order valence-corrected chi connectivity index (χ3v) is 5.32. The van der Waals surface area contributed by atoms with E-state index in [4.69, 9.17) is 0 Å². The van der Waals surface area contributed by atoms with Crippen molar-refractivity contribution in [2.45, 2.75) is 65.0 Å². The first-order valence-electron chi connectivity index (χ1n) is 9.58. The molecule has 138 valence electrons. The molecule has 0 aromatic heterocycles. The van der Waals surface area contributed by atoms with Crippen molar-refractivity contribution in [2.24, 2.45) is 0 Å². The summed E-state index contributed by atoms with van der Waals surface area (Å²) in [5.74, 6) is 0.143. The molecule has 0 spiro atoms.